The van der Waals surface area contributed by atoms with Gasteiger partial charge in [-0.3, -0.25) is 4.98 Å². The van der Waals surface area contributed by atoms with Crippen LogP contribution in [-0.4, -0.2) is 12.0 Å². The fourth-order valence-corrected chi connectivity index (χ4v) is 1.56. The Balaban J connectivity index is 2.36. The third-order valence-electron chi connectivity index (χ3n) is 2.58. The van der Waals surface area contributed by atoms with Gasteiger partial charge in [-0.1, -0.05) is 6.07 Å². The highest BCUT2D eigenvalue weighted by Gasteiger charge is 2.11. The molecule has 5 heteroatoms. The number of benzene rings is 1. The highest BCUT2D eigenvalue weighted by Crippen LogP contribution is 2.26. The lowest BCUT2D eigenvalue weighted by molar-refractivity contribution is 0.585. The zero-order valence-corrected chi connectivity index (χ0v) is 10.1. The molecule has 18 heavy (non-hydrogen) atoms. The second-order valence-electron chi connectivity index (χ2n) is 3.89. The van der Waals surface area contributed by atoms with E-state index in [4.69, 9.17) is 0 Å². The summed E-state index contributed by atoms with van der Waals surface area (Å²) in [4.78, 5) is 3.96. The minimum atomic E-state index is -0.632. The molecule has 2 aromatic rings. The van der Waals surface area contributed by atoms with Crippen molar-refractivity contribution in [3.05, 3.63) is 47.8 Å². The number of anilines is 3. The molecule has 0 bridgehead atoms. The summed E-state index contributed by atoms with van der Waals surface area (Å²) >= 11 is 0. The lowest BCUT2D eigenvalue weighted by atomic mass is 10.2. The Labute approximate surface area is 104 Å². The molecule has 0 atom stereocenters. The standard InChI is InChI=1S/C13H13F2N3/c1-8-3-4-11(14)13(12(8)15)18-10-5-9(16-2)6-17-7-10/h3-7,16,18H,1-2H3. The van der Waals surface area contributed by atoms with Gasteiger partial charge >= 0.3 is 0 Å². The van der Waals surface area contributed by atoms with Crippen LogP contribution in [0.2, 0.25) is 0 Å². The average molecular weight is 249 g/mol. The summed E-state index contributed by atoms with van der Waals surface area (Å²) in [5.41, 5.74) is 1.50. The van der Waals surface area contributed by atoms with E-state index in [9.17, 15) is 8.78 Å². The van der Waals surface area contributed by atoms with Crippen LogP contribution in [0.15, 0.2) is 30.6 Å². The fourth-order valence-electron chi connectivity index (χ4n) is 1.56. The van der Waals surface area contributed by atoms with Gasteiger partial charge in [0.2, 0.25) is 0 Å². The van der Waals surface area contributed by atoms with Gasteiger partial charge in [-0.2, -0.15) is 0 Å². The zero-order valence-electron chi connectivity index (χ0n) is 10.1. The average Bonchev–Trinajstić information content (AvgIpc) is 2.39. The number of hydrogen-bond donors (Lipinski definition) is 2. The van der Waals surface area contributed by atoms with E-state index >= 15 is 0 Å². The molecule has 0 saturated heterocycles. The fraction of sp³-hybridized carbons (Fsp3) is 0.154. The number of halogens is 2. The van der Waals surface area contributed by atoms with Crippen LogP contribution in [0.5, 0.6) is 0 Å². The van der Waals surface area contributed by atoms with Gasteiger partial charge < -0.3 is 10.6 Å². The predicted molar refractivity (Wildman–Crippen MR) is 68.2 cm³/mol. The maximum absolute atomic E-state index is 13.8. The number of rotatable bonds is 3. The van der Waals surface area contributed by atoms with Crippen molar-refractivity contribution in [3.8, 4) is 0 Å². The Hall–Kier alpha value is -2.17. The molecule has 0 fully saturated rings. The van der Waals surface area contributed by atoms with E-state index in [1.165, 1.54) is 18.3 Å². The van der Waals surface area contributed by atoms with Crippen molar-refractivity contribution in [2.75, 3.05) is 17.7 Å². The molecular weight excluding hydrogens is 236 g/mol. The highest BCUT2D eigenvalue weighted by atomic mass is 19.1. The van der Waals surface area contributed by atoms with Crippen molar-refractivity contribution in [3.63, 3.8) is 0 Å². The van der Waals surface area contributed by atoms with Crippen molar-refractivity contribution < 1.29 is 8.78 Å². The van der Waals surface area contributed by atoms with Gasteiger partial charge in [0.05, 0.1) is 23.8 Å². The molecular formula is C13H13F2N3. The molecule has 0 amide bonds. The van der Waals surface area contributed by atoms with Gasteiger partial charge in [0.15, 0.2) is 5.82 Å². The van der Waals surface area contributed by atoms with Crippen LogP contribution in [0.25, 0.3) is 0 Å². The van der Waals surface area contributed by atoms with E-state index in [0.29, 0.717) is 11.3 Å². The van der Waals surface area contributed by atoms with E-state index in [2.05, 4.69) is 15.6 Å². The molecule has 0 unspecified atom stereocenters. The maximum atomic E-state index is 13.8. The van der Waals surface area contributed by atoms with Crippen LogP contribution >= 0.6 is 0 Å². The largest absolute Gasteiger partial charge is 0.387 e. The Morgan fingerprint density at radius 3 is 2.56 bits per heavy atom. The number of pyridine rings is 1. The van der Waals surface area contributed by atoms with Crippen molar-refractivity contribution in [2.45, 2.75) is 6.92 Å². The molecule has 0 spiro atoms. The molecule has 0 aliphatic carbocycles. The monoisotopic (exact) mass is 249 g/mol. The molecule has 2 rings (SSSR count). The third-order valence-corrected chi connectivity index (χ3v) is 2.58. The van der Waals surface area contributed by atoms with Crippen molar-refractivity contribution in [1.29, 1.82) is 0 Å². The summed E-state index contributed by atoms with van der Waals surface area (Å²) in [7, 11) is 1.74. The van der Waals surface area contributed by atoms with E-state index < -0.39 is 11.6 Å². The number of nitrogens with zero attached hydrogens (tertiary/aromatic N) is 1. The van der Waals surface area contributed by atoms with E-state index in [1.807, 2.05) is 0 Å². The number of aromatic nitrogens is 1. The smallest absolute Gasteiger partial charge is 0.152 e. The normalized spacial score (nSPS) is 10.2. The van der Waals surface area contributed by atoms with Crippen LogP contribution < -0.4 is 10.6 Å². The number of hydrogen-bond acceptors (Lipinski definition) is 3. The molecule has 1 heterocycles. The number of aryl methyl sites for hydroxylation is 1. The molecule has 0 radical (unpaired) electrons. The van der Waals surface area contributed by atoms with E-state index in [-0.39, 0.29) is 5.69 Å². The maximum Gasteiger partial charge on any atom is 0.152 e. The molecule has 2 N–H and O–H groups in total. The summed E-state index contributed by atoms with van der Waals surface area (Å²) < 4.78 is 27.4. The molecule has 0 aliphatic rings. The summed E-state index contributed by atoms with van der Waals surface area (Å²) in [6, 6.07) is 4.35. The van der Waals surface area contributed by atoms with Gasteiger partial charge in [-0.05, 0) is 24.6 Å². The van der Waals surface area contributed by atoms with Crippen LogP contribution in [0, 0.1) is 18.6 Å². The van der Waals surface area contributed by atoms with Gasteiger partial charge in [0.1, 0.15) is 11.5 Å². The molecule has 0 saturated carbocycles. The first kappa shape index (κ1) is 12.3. The van der Waals surface area contributed by atoms with Crippen LogP contribution in [0.3, 0.4) is 0 Å². The topological polar surface area (TPSA) is 37.0 Å². The second kappa shape index (κ2) is 5.00. The van der Waals surface area contributed by atoms with Crippen LogP contribution in [0.1, 0.15) is 5.56 Å². The van der Waals surface area contributed by atoms with Gasteiger partial charge in [-0.15, -0.1) is 0 Å². The lowest BCUT2D eigenvalue weighted by Crippen LogP contribution is -2.00. The third kappa shape index (κ3) is 2.40. The molecule has 94 valence electrons. The van der Waals surface area contributed by atoms with Crippen LogP contribution in [-0.2, 0) is 0 Å². The van der Waals surface area contributed by atoms with Gasteiger partial charge in [0.25, 0.3) is 0 Å². The van der Waals surface area contributed by atoms with Gasteiger partial charge in [-0.25, -0.2) is 8.78 Å². The Morgan fingerprint density at radius 1 is 1.11 bits per heavy atom. The first-order chi connectivity index (χ1) is 8.61. The van der Waals surface area contributed by atoms with Gasteiger partial charge in [0, 0.05) is 7.05 Å². The highest BCUT2D eigenvalue weighted by molar-refractivity contribution is 5.64. The van der Waals surface area contributed by atoms with E-state index in [1.54, 1.807) is 26.2 Å². The summed E-state index contributed by atoms with van der Waals surface area (Å²) in [6.07, 6.45) is 3.12. The van der Waals surface area contributed by atoms with Crippen molar-refractivity contribution in [1.82, 2.24) is 4.98 Å². The van der Waals surface area contributed by atoms with E-state index in [0.717, 1.165) is 5.69 Å². The minimum Gasteiger partial charge on any atom is -0.387 e. The first-order valence-corrected chi connectivity index (χ1v) is 5.46. The van der Waals surface area contributed by atoms with Crippen LogP contribution in [0.4, 0.5) is 25.8 Å². The Bertz CT molecular complexity index is 570. The first-order valence-electron chi connectivity index (χ1n) is 5.46. The Kier molecular flexibility index (Phi) is 3.41. The molecule has 0 aliphatic heterocycles. The summed E-state index contributed by atoms with van der Waals surface area (Å²) in [6.45, 7) is 1.59. The minimum absolute atomic E-state index is 0.162. The van der Waals surface area contributed by atoms with Crippen molar-refractivity contribution >= 4 is 17.1 Å². The molecule has 1 aromatic heterocycles. The Morgan fingerprint density at radius 2 is 1.83 bits per heavy atom. The summed E-state index contributed by atoms with van der Waals surface area (Å²) in [5, 5.41) is 5.61. The molecule has 1 aromatic carbocycles. The summed E-state index contributed by atoms with van der Waals surface area (Å²) in [5.74, 6) is -1.22. The second-order valence-corrected chi connectivity index (χ2v) is 3.89. The lowest BCUT2D eigenvalue weighted by Gasteiger charge is -2.11. The van der Waals surface area contributed by atoms with Crippen molar-refractivity contribution in [2.24, 2.45) is 0 Å². The SMILES string of the molecule is CNc1cncc(Nc2c(F)ccc(C)c2F)c1. The quantitative estimate of drug-likeness (QED) is 0.874. The predicted octanol–water partition coefficient (Wildman–Crippen LogP) is 3.45. The zero-order chi connectivity index (χ0) is 13.1. The number of nitrogens with one attached hydrogen (secondary N) is 2. The molecule has 3 nitrogen and oxygen atoms in total.